The molecule has 16 heavy (non-hydrogen) atoms. The Balaban J connectivity index is 2.10. The second kappa shape index (κ2) is 3.90. The van der Waals surface area contributed by atoms with Gasteiger partial charge < -0.3 is 15.2 Å². The molecular weight excluding hydrogens is 204 g/mol. The largest absolute Gasteiger partial charge is 0.338 e. The summed E-state index contributed by atoms with van der Waals surface area (Å²) in [4.78, 5) is 21.0. The summed E-state index contributed by atoms with van der Waals surface area (Å²) in [5, 5.41) is 3.38. The van der Waals surface area contributed by atoms with Crippen molar-refractivity contribution in [3.63, 3.8) is 0 Å². The molecule has 5 nitrogen and oxygen atoms in total. The smallest absolute Gasteiger partial charge is 0.272 e. The Bertz CT molecular complexity index is 396. The lowest BCUT2D eigenvalue weighted by atomic mass is 10.0. The third kappa shape index (κ3) is 2.24. The Kier molecular flexibility index (Phi) is 2.71. The summed E-state index contributed by atoms with van der Waals surface area (Å²) in [6.07, 6.45) is 1.60. The van der Waals surface area contributed by atoms with Crippen molar-refractivity contribution in [3.8, 4) is 0 Å². The summed E-state index contributed by atoms with van der Waals surface area (Å²) in [7, 11) is 0. The highest BCUT2D eigenvalue weighted by molar-refractivity contribution is 5.92. The molecule has 1 aliphatic heterocycles. The van der Waals surface area contributed by atoms with Crippen LogP contribution in [0.15, 0.2) is 6.20 Å². The highest BCUT2D eigenvalue weighted by Crippen LogP contribution is 2.12. The first-order valence-corrected chi connectivity index (χ1v) is 5.54. The molecule has 2 N–H and O–H groups in total. The number of amides is 1. The van der Waals surface area contributed by atoms with E-state index in [0.29, 0.717) is 5.69 Å². The van der Waals surface area contributed by atoms with Crippen LogP contribution in [0.1, 0.15) is 30.2 Å². The van der Waals surface area contributed by atoms with Crippen molar-refractivity contribution in [2.24, 2.45) is 0 Å². The minimum Gasteiger partial charge on any atom is -0.338 e. The number of carbonyl (C=O) groups excluding carboxylic acids is 1. The molecule has 1 saturated heterocycles. The lowest BCUT2D eigenvalue weighted by Crippen LogP contribution is -2.58. The minimum absolute atomic E-state index is 0.0109. The van der Waals surface area contributed by atoms with Crippen LogP contribution in [-0.4, -0.2) is 45.9 Å². The Morgan fingerprint density at radius 2 is 2.31 bits per heavy atom. The number of nitrogens with one attached hydrogen (secondary N) is 2. The molecule has 0 bridgehead atoms. The van der Waals surface area contributed by atoms with Gasteiger partial charge in [-0.25, -0.2) is 4.98 Å². The molecule has 0 spiro atoms. The fourth-order valence-corrected chi connectivity index (χ4v) is 2.01. The van der Waals surface area contributed by atoms with E-state index < -0.39 is 0 Å². The molecule has 1 fully saturated rings. The van der Waals surface area contributed by atoms with Crippen LogP contribution in [0.3, 0.4) is 0 Å². The van der Waals surface area contributed by atoms with Gasteiger partial charge >= 0.3 is 0 Å². The van der Waals surface area contributed by atoms with E-state index in [0.717, 1.165) is 25.5 Å². The van der Waals surface area contributed by atoms with E-state index in [9.17, 15) is 4.79 Å². The molecule has 0 saturated carbocycles. The van der Waals surface area contributed by atoms with Crippen LogP contribution in [0.5, 0.6) is 0 Å². The van der Waals surface area contributed by atoms with Gasteiger partial charge in [-0.3, -0.25) is 4.79 Å². The quantitative estimate of drug-likeness (QED) is 0.729. The lowest BCUT2D eigenvalue weighted by Gasteiger charge is -2.38. The average molecular weight is 222 g/mol. The molecule has 0 atom stereocenters. The van der Waals surface area contributed by atoms with Crippen LogP contribution in [0, 0.1) is 6.92 Å². The van der Waals surface area contributed by atoms with Crippen molar-refractivity contribution < 1.29 is 4.79 Å². The second-order valence-corrected chi connectivity index (χ2v) is 4.92. The average Bonchev–Trinajstić information content (AvgIpc) is 2.62. The first-order valence-electron chi connectivity index (χ1n) is 5.54. The van der Waals surface area contributed by atoms with Gasteiger partial charge in [0, 0.05) is 25.2 Å². The zero-order valence-electron chi connectivity index (χ0n) is 10.0. The van der Waals surface area contributed by atoms with Crippen LogP contribution in [0.2, 0.25) is 0 Å². The van der Waals surface area contributed by atoms with E-state index in [1.165, 1.54) is 0 Å². The summed E-state index contributed by atoms with van der Waals surface area (Å²) in [5.41, 5.74) is 0.568. The Morgan fingerprint density at radius 3 is 2.88 bits per heavy atom. The maximum absolute atomic E-state index is 12.1. The molecule has 0 radical (unpaired) electrons. The van der Waals surface area contributed by atoms with Crippen molar-refractivity contribution in [3.05, 3.63) is 17.7 Å². The highest BCUT2D eigenvalue weighted by Gasteiger charge is 2.29. The van der Waals surface area contributed by atoms with Crippen LogP contribution in [0.4, 0.5) is 0 Å². The van der Waals surface area contributed by atoms with Crippen LogP contribution in [-0.2, 0) is 0 Å². The monoisotopic (exact) mass is 222 g/mol. The molecule has 2 rings (SSSR count). The zero-order valence-corrected chi connectivity index (χ0v) is 10.0. The van der Waals surface area contributed by atoms with Gasteiger partial charge in [0.2, 0.25) is 0 Å². The highest BCUT2D eigenvalue weighted by atomic mass is 16.2. The number of carbonyl (C=O) groups is 1. The maximum atomic E-state index is 12.1. The van der Waals surface area contributed by atoms with E-state index in [1.54, 1.807) is 6.20 Å². The lowest BCUT2D eigenvalue weighted by molar-refractivity contribution is 0.0646. The summed E-state index contributed by atoms with van der Waals surface area (Å²) in [5.74, 6) is 0.813. The van der Waals surface area contributed by atoms with E-state index >= 15 is 0 Å². The summed E-state index contributed by atoms with van der Waals surface area (Å²) in [6, 6.07) is 0. The molecule has 0 unspecified atom stereocenters. The summed E-state index contributed by atoms with van der Waals surface area (Å²) in [6.45, 7) is 8.36. The molecular formula is C11H18N4O. The molecule has 0 aromatic carbocycles. The summed E-state index contributed by atoms with van der Waals surface area (Å²) < 4.78 is 0. The number of rotatable bonds is 1. The topological polar surface area (TPSA) is 61.0 Å². The van der Waals surface area contributed by atoms with Gasteiger partial charge in [-0.1, -0.05) is 0 Å². The molecule has 1 amide bonds. The van der Waals surface area contributed by atoms with Gasteiger partial charge in [-0.05, 0) is 20.8 Å². The maximum Gasteiger partial charge on any atom is 0.272 e. The van der Waals surface area contributed by atoms with Gasteiger partial charge in [0.25, 0.3) is 5.91 Å². The van der Waals surface area contributed by atoms with Crippen LogP contribution in [0.25, 0.3) is 0 Å². The first kappa shape index (κ1) is 11.1. The fourth-order valence-electron chi connectivity index (χ4n) is 2.01. The SMILES string of the molecule is Cc1ncc(C(=O)N2CCNC(C)(C)C2)[nH]1. The van der Waals surface area contributed by atoms with Gasteiger partial charge in [0.15, 0.2) is 0 Å². The Morgan fingerprint density at radius 1 is 1.56 bits per heavy atom. The van der Waals surface area contributed by atoms with Gasteiger partial charge in [-0.15, -0.1) is 0 Å². The second-order valence-electron chi connectivity index (χ2n) is 4.92. The van der Waals surface area contributed by atoms with Gasteiger partial charge in [0.05, 0.1) is 6.20 Å². The molecule has 88 valence electrons. The number of imidazole rings is 1. The molecule has 0 aliphatic carbocycles. The number of hydrogen-bond acceptors (Lipinski definition) is 3. The normalized spacial score (nSPS) is 19.8. The van der Waals surface area contributed by atoms with E-state index in [1.807, 2.05) is 11.8 Å². The number of nitrogens with zero attached hydrogens (tertiary/aromatic N) is 2. The number of H-pyrrole nitrogens is 1. The van der Waals surface area contributed by atoms with Crippen molar-refractivity contribution in [2.75, 3.05) is 19.6 Å². The minimum atomic E-state index is -0.0109. The summed E-state index contributed by atoms with van der Waals surface area (Å²) >= 11 is 0. The number of aryl methyl sites for hydroxylation is 1. The molecule has 1 aliphatic rings. The van der Waals surface area contributed by atoms with E-state index in [4.69, 9.17) is 0 Å². The van der Waals surface area contributed by atoms with Crippen molar-refractivity contribution in [1.29, 1.82) is 0 Å². The van der Waals surface area contributed by atoms with Crippen molar-refractivity contribution >= 4 is 5.91 Å². The van der Waals surface area contributed by atoms with E-state index in [-0.39, 0.29) is 11.4 Å². The third-order valence-electron chi connectivity index (χ3n) is 2.79. The van der Waals surface area contributed by atoms with Crippen molar-refractivity contribution in [1.82, 2.24) is 20.2 Å². The standard InChI is InChI=1S/C11H18N4O/c1-8-12-6-9(14-8)10(16)15-5-4-13-11(2,3)7-15/h6,13H,4-5,7H2,1-3H3,(H,12,14). The first-order chi connectivity index (χ1) is 7.48. The van der Waals surface area contributed by atoms with Gasteiger partial charge in [-0.2, -0.15) is 0 Å². The predicted octanol–water partition coefficient (Wildman–Crippen LogP) is 0.542. The number of hydrogen-bond donors (Lipinski definition) is 2. The number of aromatic nitrogens is 2. The Labute approximate surface area is 95.2 Å². The van der Waals surface area contributed by atoms with Crippen molar-refractivity contribution in [2.45, 2.75) is 26.3 Å². The van der Waals surface area contributed by atoms with E-state index in [2.05, 4.69) is 29.1 Å². The zero-order chi connectivity index (χ0) is 11.8. The molecule has 1 aromatic heterocycles. The van der Waals surface area contributed by atoms with Crippen LogP contribution >= 0.6 is 0 Å². The number of aromatic amines is 1. The third-order valence-corrected chi connectivity index (χ3v) is 2.79. The molecule has 1 aromatic rings. The Hall–Kier alpha value is -1.36. The number of piperazine rings is 1. The fraction of sp³-hybridized carbons (Fsp3) is 0.636. The predicted molar refractivity (Wildman–Crippen MR) is 61.3 cm³/mol. The molecule has 2 heterocycles. The van der Waals surface area contributed by atoms with Gasteiger partial charge in [0.1, 0.15) is 11.5 Å². The van der Waals surface area contributed by atoms with Crippen LogP contribution < -0.4 is 5.32 Å². The molecule has 5 heteroatoms.